The van der Waals surface area contributed by atoms with Crippen molar-refractivity contribution < 1.29 is 0 Å². The smallest absolute Gasteiger partial charge is 0.251 e. The molecule has 0 atom stereocenters. The lowest BCUT2D eigenvalue weighted by molar-refractivity contribution is 0.815. The molecule has 108 valence electrons. The molecule has 3 aromatic rings. The second kappa shape index (κ2) is 5.52. The van der Waals surface area contributed by atoms with Gasteiger partial charge in [0.15, 0.2) is 10.8 Å². The number of nitrogens with zero attached hydrogens (tertiary/aromatic N) is 4. The lowest BCUT2D eigenvalue weighted by Crippen LogP contribution is -2.10. The Morgan fingerprint density at radius 1 is 1.33 bits per heavy atom. The van der Waals surface area contributed by atoms with Gasteiger partial charge in [-0.1, -0.05) is 13.3 Å². The van der Waals surface area contributed by atoms with Gasteiger partial charge in [-0.2, -0.15) is 10.1 Å². The van der Waals surface area contributed by atoms with Gasteiger partial charge in [0.1, 0.15) is 5.03 Å². The fourth-order valence-electron chi connectivity index (χ4n) is 1.91. The Labute approximate surface area is 123 Å². The number of H-pyrrole nitrogens is 2. The highest BCUT2D eigenvalue weighted by Crippen LogP contribution is 2.28. The van der Waals surface area contributed by atoms with Gasteiger partial charge in [0.25, 0.3) is 5.56 Å². The zero-order valence-electron chi connectivity index (χ0n) is 11.3. The van der Waals surface area contributed by atoms with E-state index >= 15 is 0 Å². The number of nitrogens with one attached hydrogen (secondary N) is 2. The number of hydrogen-bond donors (Lipinski definition) is 3. The second-order valence-corrected chi connectivity index (χ2v) is 5.39. The van der Waals surface area contributed by atoms with Gasteiger partial charge in [-0.3, -0.25) is 9.89 Å². The molecule has 0 saturated carbocycles. The van der Waals surface area contributed by atoms with E-state index in [1.54, 1.807) is 6.20 Å². The highest BCUT2D eigenvalue weighted by atomic mass is 32.2. The summed E-state index contributed by atoms with van der Waals surface area (Å²) in [5.74, 6) is 0.140. The van der Waals surface area contributed by atoms with Gasteiger partial charge in [-0.25, -0.2) is 9.97 Å². The molecular formula is C12H13N7OS. The molecule has 0 aliphatic heterocycles. The number of hydrogen-bond acceptors (Lipinski definition) is 7. The number of nitrogens with two attached hydrogens (primary N) is 1. The lowest BCUT2D eigenvalue weighted by atomic mass is 10.2. The van der Waals surface area contributed by atoms with Crippen molar-refractivity contribution in [2.45, 2.75) is 29.9 Å². The van der Waals surface area contributed by atoms with E-state index in [-0.39, 0.29) is 11.5 Å². The van der Waals surface area contributed by atoms with E-state index in [0.29, 0.717) is 15.8 Å². The first-order valence-corrected chi connectivity index (χ1v) is 7.22. The third-order valence-electron chi connectivity index (χ3n) is 2.76. The molecule has 21 heavy (non-hydrogen) atoms. The number of aryl methyl sites for hydroxylation is 1. The zero-order valence-corrected chi connectivity index (χ0v) is 12.1. The van der Waals surface area contributed by atoms with Crippen molar-refractivity contribution >= 4 is 28.7 Å². The minimum atomic E-state index is -0.179. The monoisotopic (exact) mass is 303 g/mol. The molecule has 0 unspecified atom stereocenters. The van der Waals surface area contributed by atoms with Crippen molar-refractivity contribution in [3.05, 3.63) is 28.3 Å². The Kier molecular flexibility index (Phi) is 3.57. The minimum Gasteiger partial charge on any atom is -0.368 e. The fourth-order valence-corrected chi connectivity index (χ4v) is 2.81. The average Bonchev–Trinajstić information content (AvgIpc) is 2.86. The van der Waals surface area contributed by atoms with E-state index in [4.69, 9.17) is 5.73 Å². The van der Waals surface area contributed by atoms with Crippen LogP contribution < -0.4 is 11.3 Å². The molecule has 0 aromatic carbocycles. The van der Waals surface area contributed by atoms with Crippen molar-refractivity contribution in [2.75, 3.05) is 5.73 Å². The van der Waals surface area contributed by atoms with Crippen molar-refractivity contribution in [2.24, 2.45) is 0 Å². The molecule has 4 N–H and O–H groups in total. The van der Waals surface area contributed by atoms with Crippen LogP contribution >= 0.6 is 11.8 Å². The Bertz CT molecular complexity index is 841. The van der Waals surface area contributed by atoms with Crippen LogP contribution in [-0.4, -0.2) is 30.1 Å². The summed E-state index contributed by atoms with van der Waals surface area (Å²) in [4.78, 5) is 27.0. The van der Waals surface area contributed by atoms with Gasteiger partial charge >= 0.3 is 0 Å². The van der Waals surface area contributed by atoms with Gasteiger partial charge in [-0.15, -0.1) is 0 Å². The standard InChI is InChI=1S/C12H13N7OS/c1-2-3-6-4-8(20)16-12(15-6)21-10-7-5-14-19-9(7)17-11(13)18-10/h4-5H,2-3H2,1H3,(H,15,16,20)(H3,13,14,17,18,19). The molecule has 3 heterocycles. The summed E-state index contributed by atoms with van der Waals surface area (Å²) in [6, 6.07) is 1.51. The van der Waals surface area contributed by atoms with Crippen LogP contribution in [0.1, 0.15) is 19.0 Å². The Morgan fingerprint density at radius 3 is 3.00 bits per heavy atom. The van der Waals surface area contributed by atoms with Gasteiger partial charge < -0.3 is 10.7 Å². The number of rotatable bonds is 4. The summed E-state index contributed by atoms with van der Waals surface area (Å²) >= 11 is 1.23. The molecule has 0 fully saturated rings. The van der Waals surface area contributed by atoms with Crippen LogP contribution in [0.25, 0.3) is 11.0 Å². The van der Waals surface area contributed by atoms with Crippen LogP contribution in [0.2, 0.25) is 0 Å². The average molecular weight is 303 g/mol. The number of fused-ring (bicyclic) bond motifs is 1. The van der Waals surface area contributed by atoms with Crippen molar-refractivity contribution in [1.29, 1.82) is 0 Å². The highest BCUT2D eigenvalue weighted by Gasteiger charge is 2.11. The molecule has 0 spiro atoms. The molecule has 3 rings (SSSR count). The Morgan fingerprint density at radius 2 is 2.19 bits per heavy atom. The third kappa shape index (κ3) is 2.87. The number of nitrogen functional groups attached to an aromatic ring is 1. The van der Waals surface area contributed by atoms with Crippen LogP contribution in [0.4, 0.5) is 5.95 Å². The van der Waals surface area contributed by atoms with E-state index in [2.05, 4.69) is 30.1 Å². The molecule has 0 aliphatic carbocycles. The molecule has 0 amide bonds. The number of aromatic nitrogens is 6. The molecule has 0 radical (unpaired) electrons. The van der Waals surface area contributed by atoms with Crippen molar-refractivity contribution in [3.8, 4) is 0 Å². The normalized spacial score (nSPS) is 11.1. The van der Waals surface area contributed by atoms with Crippen molar-refractivity contribution in [3.63, 3.8) is 0 Å². The quantitative estimate of drug-likeness (QED) is 0.487. The number of anilines is 1. The molecule has 8 nitrogen and oxygen atoms in total. The zero-order chi connectivity index (χ0) is 14.8. The van der Waals surface area contributed by atoms with E-state index in [1.165, 1.54) is 17.8 Å². The van der Waals surface area contributed by atoms with Crippen LogP contribution in [0.3, 0.4) is 0 Å². The maximum Gasteiger partial charge on any atom is 0.251 e. The van der Waals surface area contributed by atoms with Crippen molar-refractivity contribution in [1.82, 2.24) is 30.1 Å². The van der Waals surface area contributed by atoms with Gasteiger partial charge in [0.05, 0.1) is 11.6 Å². The molecule has 0 aliphatic rings. The minimum absolute atomic E-state index is 0.140. The lowest BCUT2D eigenvalue weighted by Gasteiger charge is -2.04. The highest BCUT2D eigenvalue weighted by molar-refractivity contribution is 7.99. The maximum atomic E-state index is 11.7. The SMILES string of the molecule is CCCc1cc(=O)[nH]c(Sc2nc(N)nc3[nH]ncc23)n1. The van der Waals surface area contributed by atoms with Crippen LogP contribution in [0, 0.1) is 0 Å². The van der Waals surface area contributed by atoms with Gasteiger partial charge in [-0.05, 0) is 18.2 Å². The Balaban J connectivity index is 2.02. The predicted octanol–water partition coefficient (Wildman–Crippen LogP) is 1.12. The summed E-state index contributed by atoms with van der Waals surface area (Å²) in [5, 5.41) is 8.48. The van der Waals surface area contributed by atoms with Gasteiger partial charge in [0.2, 0.25) is 5.95 Å². The largest absolute Gasteiger partial charge is 0.368 e. The van der Waals surface area contributed by atoms with Crippen LogP contribution in [0.5, 0.6) is 0 Å². The van der Waals surface area contributed by atoms with E-state index in [1.807, 2.05) is 6.92 Å². The predicted molar refractivity (Wildman–Crippen MR) is 79.1 cm³/mol. The molecular weight excluding hydrogens is 290 g/mol. The summed E-state index contributed by atoms with van der Waals surface area (Å²) in [7, 11) is 0. The molecule has 0 bridgehead atoms. The topological polar surface area (TPSA) is 126 Å². The summed E-state index contributed by atoms with van der Waals surface area (Å²) in [6.45, 7) is 2.04. The summed E-state index contributed by atoms with van der Waals surface area (Å²) in [6.07, 6.45) is 3.29. The Hall–Kier alpha value is -2.42. The number of aromatic amines is 2. The van der Waals surface area contributed by atoms with Crippen LogP contribution in [-0.2, 0) is 6.42 Å². The van der Waals surface area contributed by atoms with E-state index in [0.717, 1.165) is 23.9 Å². The molecule has 9 heteroatoms. The second-order valence-electron chi connectivity index (χ2n) is 4.41. The fraction of sp³-hybridized carbons (Fsp3) is 0.250. The maximum absolute atomic E-state index is 11.7. The third-order valence-corrected chi connectivity index (χ3v) is 3.66. The first-order chi connectivity index (χ1) is 10.2. The van der Waals surface area contributed by atoms with E-state index in [9.17, 15) is 4.79 Å². The van der Waals surface area contributed by atoms with E-state index < -0.39 is 0 Å². The molecule has 3 aromatic heterocycles. The van der Waals surface area contributed by atoms with Crippen LogP contribution in [0.15, 0.2) is 27.2 Å². The first-order valence-electron chi connectivity index (χ1n) is 6.40. The summed E-state index contributed by atoms with van der Waals surface area (Å²) in [5.41, 5.74) is 6.80. The molecule has 0 saturated heterocycles. The first kappa shape index (κ1) is 13.6. The summed E-state index contributed by atoms with van der Waals surface area (Å²) < 4.78 is 0. The van der Waals surface area contributed by atoms with Gasteiger partial charge in [0, 0.05) is 11.8 Å².